The van der Waals surface area contributed by atoms with E-state index in [0.717, 1.165) is 18.4 Å². The summed E-state index contributed by atoms with van der Waals surface area (Å²) < 4.78 is 24.7. The molecular formula is C24H22ClFO4. The smallest absolute Gasteiger partial charge is 0.437 e. The summed E-state index contributed by atoms with van der Waals surface area (Å²) in [5.41, 5.74) is 3.07. The van der Waals surface area contributed by atoms with E-state index < -0.39 is 12.0 Å². The molecule has 2 aliphatic rings. The summed E-state index contributed by atoms with van der Waals surface area (Å²) >= 11 is 5.89. The normalized spacial score (nSPS) is 20.5. The zero-order valence-electron chi connectivity index (χ0n) is 16.8. The van der Waals surface area contributed by atoms with Gasteiger partial charge in [-0.05, 0) is 66.6 Å². The van der Waals surface area contributed by atoms with Crippen molar-refractivity contribution in [2.24, 2.45) is 11.8 Å². The summed E-state index contributed by atoms with van der Waals surface area (Å²) in [4.78, 5) is 25.2. The van der Waals surface area contributed by atoms with E-state index >= 15 is 0 Å². The van der Waals surface area contributed by atoms with Gasteiger partial charge < -0.3 is 9.47 Å². The van der Waals surface area contributed by atoms with Crippen LogP contribution in [0.4, 0.5) is 9.18 Å². The molecule has 0 heterocycles. The quantitative estimate of drug-likeness (QED) is 0.544. The Bertz CT molecular complexity index is 1060. The lowest BCUT2D eigenvalue weighted by Gasteiger charge is -2.26. The molecule has 6 heteroatoms. The van der Waals surface area contributed by atoms with E-state index in [-0.39, 0.29) is 17.6 Å². The Morgan fingerprint density at radius 1 is 1.13 bits per heavy atom. The third-order valence-corrected chi connectivity index (χ3v) is 6.26. The molecule has 4 rings (SSSR count). The largest absolute Gasteiger partial charge is 0.513 e. The maximum atomic E-state index is 14.5. The minimum absolute atomic E-state index is 0.00225. The topological polar surface area (TPSA) is 52.6 Å². The Morgan fingerprint density at radius 3 is 2.60 bits per heavy atom. The Kier molecular flexibility index (Phi) is 5.65. The fraction of sp³-hybridized carbons (Fsp3) is 0.333. The summed E-state index contributed by atoms with van der Waals surface area (Å²) in [5, 5.41) is 0.317. The molecule has 0 spiro atoms. The molecule has 1 saturated carbocycles. The predicted molar refractivity (Wildman–Crippen MR) is 112 cm³/mol. The van der Waals surface area contributed by atoms with Gasteiger partial charge in [-0.15, -0.1) is 0 Å². The van der Waals surface area contributed by atoms with Crippen molar-refractivity contribution in [3.05, 3.63) is 64.1 Å². The zero-order valence-corrected chi connectivity index (χ0v) is 17.6. The van der Waals surface area contributed by atoms with Gasteiger partial charge in [0.05, 0.1) is 12.7 Å². The molecule has 0 unspecified atom stereocenters. The van der Waals surface area contributed by atoms with E-state index in [2.05, 4.69) is 4.74 Å². The maximum Gasteiger partial charge on any atom is 0.513 e. The van der Waals surface area contributed by atoms with Gasteiger partial charge in [-0.1, -0.05) is 30.7 Å². The second kappa shape index (κ2) is 8.23. The molecule has 4 nitrogen and oxygen atoms in total. The predicted octanol–water partition coefficient (Wildman–Crippen LogP) is 6.20. The number of aryl methyl sites for hydroxylation is 1. The monoisotopic (exact) mass is 428 g/mol. The highest BCUT2D eigenvalue weighted by molar-refractivity contribution is 6.30. The summed E-state index contributed by atoms with van der Waals surface area (Å²) in [5.74, 6) is -0.152. The van der Waals surface area contributed by atoms with Crippen molar-refractivity contribution in [1.29, 1.82) is 0 Å². The van der Waals surface area contributed by atoms with E-state index in [1.165, 1.54) is 13.2 Å². The number of hydrogen-bond acceptors (Lipinski definition) is 4. The van der Waals surface area contributed by atoms with Crippen molar-refractivity contribution in [1.82, 2.24) is 0 Å². The van der Waals surface area contributed by atoms with Crippen molar-refractivity contribution in [2.75, 3.05) is 7.11 Å². The molecule has 0 radical (unpaired) electrons. The van der Waals surface area contributed by atoms with E-state index in [1.807, 2.05) is 25.1 Å². The van der Waals surface area contributed by atoms with E-state index in [4.69, 9.17) is 16.3 Å². The Balaban J connectivity index is 1.90. The standard InChI is InChI=1S/C24H22ClFO4/c1-3-13-4-5-14(18-9-8-17(25)12-20(18)26)11-19(13)21-22(27)15-6-7-16(10-15)23(21)30-24(28)29-2/h4-5,8-9,11-12,15-16H,3,6-7,10H2,1-2H3/t15-,16-/m1/s1. The number of Topliss-reactive ketones (excluding diaryl/α,β-unsaturated/α-hetero) is 1. The van der Waals surface area contributed by atoms with Crippen LogP contribution in [-0.2, 0) is 20.7 Å². The second-order valence-corrected chi connectivity index (χ2v) is 8.15. The molecular weight excluding hydrogens is 407 g/mol. The molecule has 2 atom stereocenters. The van der Waals surface area contributed by atoms with Crippen LogP contribution in [-0.4, -0.2) is 19.0 Å². The number of rotatable bonds is 4. The van der Waals surface area contributed by atoms with Gasteiger partial charge in [0.1, 0.15) is 11.6 Å². The first-order valence-electron chi connectivity index (χ1n) is 10.1. The molecule has 2 aliphatic carbocycles. The lowest BCUT2D eigenvalue weighted by atomic mass is 9.81. The Hall–Kier alpha value is -2.66. The van der Waals surface area contributed by atoms with Gasteiger partial charge in [-0.3, -0.25) is 4.79 Å². The number of carbonyl (C=O) groups is 2. The molecule has 156 valence electrons. The van der Waals surface area contributed by atoms with Gasteiger partial charge in [-0.2, -0.15) is 0 Å². The van der Waals surface area contributed by atoms with E-state index in [9.17, 15) is 14.0 Å². The van der Waals surface area contributed by atoms with E-state index in [1.54, 1.807) is 12.1 Å². The average Bonchev–Trinajstić information content (AvgIpc) is 3.18. The summed E-state index contributed by atoms with van der Waals surface area (Å²) in [6, 6.07) is 10.0. The summed E-state index contributed by atoms with van der Waals surface area (Å²) in [6.07, 6.45) is 2.09. The van der Waals surface area contributed by atoms with Crippen molar-refractivity contribution in [2.45, 2.75) is 32.6 Å². The first kappa shape index (κ1) is 20.6. The van der Waals surface area contributed by atoms with Gasteiger partial charge in [0.15, 0.2) is 5.78 Å². The molecule has 2 aromatic carbocycles. The van der Waals surface area contributed by atoms with Crippen LogP contribution in [0.2, 0.25) is 5.02 Å². The summed E-state index contributed by atoms with van der Waals surface area (Å²) in [6.45, 7) is 1.99. The maximum absolute atomic E-state index is 14.5. The van der Waals surface area contributed by atoms with Crippen LogP contribution in [0.1, 0.15) is 37.3 Å². The minimum Gasteiger partial charge on any atom is -0.437 e. The lowest BCUT2D eigenvalue weighted by Crippen LogP contribution is -2.24. The summed E-state index contributed by atoms with van der Waals surface area (Å²) in [7, 11) is 1.24. The number of hydrogen-bond donors (Lipinski definition) is 0. The van der Waals surface area contributed by atoms with Gasteiger partial charge in [-0.25, -0.2) is 9.18 Å². The first-order chi connectivity index (χ1) is 14.4. The highest BCUT2D eigenvalue weighted by atomic mass is 35.5. The number of fused-ring (bicyclic) bond motifs is 2. The second-order valence-electron chi connectivity index (χ2n) is 7.72. The highest BCUT2D eigenvalue weighted by Crippen LogP contribution is 2.47. The minimum atomic E-state index is -0.835. The number of allylic oxidation sites excluding steroid dienone is 2. The average molecular weight is 429 g/mol. The van der Waals surface area contributed by atoms with Gasteiger partial charge in [0.25, 0.3) is 0 Å². The van der Waals surface area contributed by atoms with Crippen LogP contribution in [0.15, 0.2) is 42.2 Å². The van der Waals surface area contributed by atoms with Gasteiger partial charge in [0.2, 0.25) is 0 Å². The third kappa shape index (κ3) is 3.63. The van der Waals surface area contributed by atoms with Crippen LogP contribution in [0.5, 0.6) is 0 Å². The molecule has 1 fully saturated rings. The number of benzene rings is 2. The molecule has 0 N–H and O–H groups in total. The molecule has 2 aromatic rings. The zero-order chi connectivity index (χ0) is 21.4. The number of ether oxygens (including phenoxy) is 2. The fourth-order valence-electron chi connectivity index (χ4n) is 4.53. The Labute approximate surface area is 179 Å². The fourth-order valence-corrected chi connectivity index (χ4v) is 4.69. The molecule has 0 amide bonds. The first-order valence-corrected chi connectivity index (χ1v) is 10.4. The van der Waals surface area contributed by atoms with Crippen LogP contribution < -0.4 is 0 Å². The Morgan fingerprint density at radius 2 is 1.90 bits per heavy atom. The van der Waals surface area contributed by atoms with Crippen LogP contribution in [0.3, 0.4) is 0 Å². The van der Waals surface area contributed by atoms with Crippen molar-refractivity contribution >= 4 is 29.1 Å². The van der Waals surface area contributed by atoms with Crippen molar-refractivity contribution in [3.8, 4) is 11.1 Å². The molecule has 0 saturated heterocycles. The van der Waals surface area contributed by atoms with Crippen LogP contribution in [0.25, 0.3) is 16.7 Å². The van der Waals surface area contributed by atoms with Crippen molar-refractivity contribution < 1.29 is 23.5 Å². The molecule has 0 aliphatic heterocycles. The number of carbonyl (C=O) groups excluding carboxylic acids is 2. The number of ketones is 1. The number of halogens is 2. The lowest BCUT2D eigenvalue weighted by molar-refractivity contribution is -0.117. The van der Waals surface area contributed by atoms with Crippen LogP contribution in [0, 0.1) is 17.7 Å². The third-order valence-electron chi connectivity index (χ3n) is 6.03. The highest BCUT2D eigenvalue weighted by Gasteiger charge is 2.43. The van der Waals surface area contributed by atoms with Gasteiger partial charge in [0, 0.05) is 22.4 Å². The SMILES string of the molecule is CCc1ccc(-c2ccc(Cl)cc2F)cc1C1=C(OC(=O)OC)[C@@H]2CC[C@H](C2)C1=O. The molecule has 2 bridgehead atoms. The molecule has 0 aromatic heterocycles. The van der Waals surface area contributed by atoms with E-state index in [0.29, 0.717) is 45.9 Å². The van der Waals surface area contributed by atoms with Crippen molar-refractivity contribution in [3.63, 3.8) is 0 Å². The number of methoxy groups -OCH3 is 1. The van der Waals surface area contributed by atoms with Crippen LogP contribution >= 0.6 is 11.6 Å². The van der Waals surface area contributed by atoms with Gasteiger partial charge >= 0.3 is 6.16 Å². The molecule has 30 heavy (non-hydrogen) atoms.